The molecule has 0 saturated heterocycles. The van der Waals surface area contributed by atoms with Gasteiger partial charge in [0, 0.05) is 17.0 Å². The number of hydrogen-bond acceptors (Lipinski definition) is 2. The molecule has 2 heterocycles. The third kappa shape index (κ3) is 1.15. The minimum atomic E-state index is 0.348. The Morgan fingerprint density at radius 1 is 1.12 bits per heavy atom. The summed E-state index contributed by atoms with van der Waals surface area (Å²) in [4.78, 5) is 15.1. The van der Waals surface area contributed by atoms with Crippen molar-refractivity contribution >= 4 is 28.2 Å². The van der Waals surface area contributed by atoms with Gasteiger partial charge in [-0.3, -0.25) is 0 Å². The molecule has 2 aromatic heterocycles. The minimum absolute atomic E-state index is 0.348. The number of pyridine rings is 1. The first-order valence-electron chi connectivity index (χ1n) is 5.17. The molecule has 3 rings (SSSR count). The number of hydrogen-bond donors (Lipinski definition) is 0. The molecule has 0 aliphatic rings. The van der Waals surface area contributed by atoms with Crippen LogP contribution in [0, 0.1) is 0 Å². The highest BCUT2D eigenvalue weighted by Crippen LogP contribution is 2.26. The molecule has 0 N–H and O–H groups in total. The standard InChI is InChI=1S/C13H10N2O/c16-9-8-15-12-6-2-1-4-10(12)11-5-3-7-14-13(11)15/h1-7,9H,8H2. The van der Waals surface area contributed by atoms with E-state index in [0.29, 0.717) is 6.54 Å². The number of carbonyl (C=O) groups is 1. The van der Waals surface area contributed by atoms with Crippen molar-refractivity contribution in [2.24, 2.45) is 0 Å². The molecule has 0 fully saturated rings. The molecule has 78 valence electrons. The first-order valence-corrected chi connectivity index (χ1v) is 5.17. The quantitative estimate of drug-likeness (QED) is 0.609. The molecule has 1 aromatic carbocycles. The van der Waals surface area contributed by atoms with Gasteiger partial charge >= 0.3 is 0 Å². The molecule has 3 nitrogen and oxygen atoms in total. The van der Waals surface area contributed by atoms with Gasteiger partial charge in [-0.15, -0.1) is 0 Å². The summed E-state index contributed by atoms with van der Waals surface area (Å²) in [6.45, 7) is 0.348. The van der Waals surface area contributed by atoms with E-state index in [1.54, 1.807) is 6.20 Å². The molecule has 0 amide bonds. The van der Waals surface area contributed by atoms with Gasteiger partial charge < -0.3 is 9.36 Å². The average molecular weight is 210 g/mol. The van der Waals surface area contributed by atoms with Crippen molar-refractivity contribution in [3.05, 3.63) is 42.6 Å². The predicted octanol–water partition coefficient (Wildman–Crippen LogP) is 2.39. The van der Waals surface area contributed by atoms with E-state index in [4.69, 9.17) is 0 Å². The second-order valence-corrected chi connectivity index (χ2v) is 3.67. The molecule has 0 unspecified atom stereocenters. The summed E-state index contributed by atoms with van der Waals surface area (Å²) in [6, 6.07) is 12.0. The van der Waals surface area contributed by atoms with E-state index < -0.39 is 0 Å². The van der Waals surface area contributed by atoms with E-state index in [1.165, 1.54) is 0 Å². The fourth-order valence-corrected chi connectivity index (χ4v) is 2.13. The Bertz CT molecular complexity index is 617. The number of rotatable bonds is 2. The van der Waals surface area contributed by atoms with Gasteiger partial charge in [-0.05, 0) is 18.2 Å². The van der Waals surface area contributed by atoms with Crippen LogP contribution in [0.2, 0.25) is 0 Å². The molecule has 3 heteroatoms. The lowest BCUT2D eigenvalue weighted by atomic mass is 10.2. The maximum atomic E-state index is 10.7. The lowest BCUT2D eigenvalue weighted by molar-refractivity contribution is -0.108. The largest absolute Gasteiger partial charge is 0.318 e. The highest BCUT2D eigenvalue weighted by Gasteiger charge is 2.09. The van der Waals surface area contributed by atoms with E-state index >= 15 is 0 Å². The summed E-state index contributed by atoms with van der Waals surface area (Å²) in [5, 5.41) is 2.24. The first kappa shape index (κ1) is 9.09. The van der Waals surface area contributed by atoms with E-state index in [0.717, 1.165) is 28.2 Å². The van der Waals surface area contributed by atoms with Crippen LogP contribution in [-0.2, 0) is 11.3 Å². The van der Waals surface area contributed by atoms with E-state index in [2.05, 4.69) is 11.1 Å². The molecule has 16 heavy (non-hydrogen) atoms. The molecule has 0 aliphatic heterocycles. The molecule has 0 bridgehead atoms. The molecule has 0 spiro atoms. The maximum absolute atomic E-state index is 10.7. The van der Waals surface area contributed by atoms with Crippen molar-refractivity contribution < 1.29 is 4.79 Å². The highest BCUT2D eigenvalue weighted by molar-refractivity contribution is 6.06. The first-order chi connectivity index (χ1) is 7.92. The van der Waals surface area contributed by atoms with E-state index in [9.17, 15) is 4.79 Å². The van der Waals surface area contributed by atoms with Crippen LogP contribution in [0.15, 0.2) is 42.6 Å². The monoisotopic (exact) mass is 210 g/mol. The fourth-order valence-electron chi connectivity index (χ4n) is 2.13. The van der Waals surface area contributed by atoms with Crippen LogP contribution in [0.25, 0.3) is 21.9 Å². The average Bonchev–Trinajstić information content (AvgIpc) is 2.66. The van der Waals surface area contributed by atoms with Crippen LogP contribution in [0.3, 0.4) is 0 Å². The van der Waals surface area contributed by atoms with Gasteiger partial charge in [0.1, 0.15) is 11.9 Å². The zero-order chi connectivity index (χ0) is 11.0. The summed E-state index contributed by atoms with van der Waals surface area (Å²) >= 11 is 0. The molecular weight excluding hydrogens is 200 g/mol. The van der Waals surface area contributed by atoms with Crippen molar-refractivity contribution in [1.29, 1.82) is 0 Å². The van der Waals surface area contributed by atoms with Gasteiger partial charge in [-0.25, -0.2) is 4.98 Å². The normalized spacial score (nSPS) is 11.0. The van der Waals surface area contributed by atoms with Gasteiger partial charge in [-0.1, -0.05) is 18.2 Å². The van der Waals surface area contributed by atoms with Crippen LogP contribution in [0.5, 0.6) is 0 Å². The third-order valence-corrected chi connectivity index (χ3v) is 2.78. The van der Waals surface area contributed by atoms with Gasteiger partial charge in [0.2, 0.25) is 0 Å². The van der Waals surface area contributed by atoms with Crippen LogP contribution < -0.4 is 0 Å². The zero-order valence-electron chi connectivity index (χ0n) is 8.63. The highest BCUT2D eigenvalue weighted by atomic mass is 16.1. The molecule has 0 saturated carbocycles. The number of para-hydroxylation sites is 1. The van der Waals surface area contributed by atoms with Gasteiger partial charge in [-0.2, -0.15) is 0 Å². The van der Waals surface area contributed by atoms with Crippen LogP contribution in [0.1, 0.15) is 0 Å². The number of nitrogens with zero attached hydrogens (tertiary/aromatic N) is 2. The molecule has 0 radical (unpaired) electrons. The Morgan fingerprint density at radius 3 is 2.81 bits per heavy atom. The Hall–Kier alpha value is -2.16. The smallest absolute Gasteiger partial charge is 0.141 e. The van der Waals surface area contributed by atoms with Crippen molar-refractivity contribution in [3.8, 4) is 0 Å². The van der Waals surface area contributed by atoms with E-state index in [1.807, 2.05) is 34.9 Å². The van der Waals surface area contributed by atoms with Crippen molar-refractivity contribution in [2.75, 3.05) is 0 Å². The summed E-state index contributed by atoms with van der Waals surface area (Å²) in [7, 11) is 0. The SMILES string of the molecule is O=CCn1c2ccccc2c2cccnc21. The van der Waals surface area contributed by atoms with Crippen molar-refractivity contribution in [1.82, 2.24) is 9.55 Å². The molecular formula is C13H10N2O. The zero-order valence-corrected chi connectivity index (χ0v) is 8.63. The van der Waals surface area contributed by atoms with Crippen LogP contribution in [0.4, 0.5) is 0 Å². The molecule has 0 aliphatic carbocycles. The van der Waals surface area contributed by atoms with Gasteiger partial charge in [0.05, 0.1) is 12.1 Å². The maximum Gasteiger partial charge on any atom is 0.141 e. The van der Waals surface area contributed by atoms with Crippen molar-refractivity contribution in [3.63, 3.8) is 0 Å². The van der Waals surface area contributed by atoms with Crippen LogP contribution in [-0.4, -0.2) is 15.8 Å². The molecule has 3 aromatic rings. The number of aromatic nitrogens is 2. The van der Waals surface area contributed by atoms with E-state index in [-0.39, 0.29) is 0 Å². The summed E-state index contributed by atoms with van der Waals surface area (Å²) in [6.07, 6.45) is 2.66. The third-order valence-electron chi connectivity index (χ3n) is 2.78. The number of fused-ring (bicyclic) bond motifs is 3. The lowest BCUT2D eigenvalue weighted by Gasteiger charge is -1.99. The lowest BCUT2D eigenvalue weighted by Crippen LogP contribution is -1.98. The predicted molar refractivity (Wildman–Crippen MR) is 63.3 cm³/mol. The minimum Gasteiger partial charge on any atom is -0.318 e. The van der Waals surface area contributed by atoms with Crippen LogP contribution >= 0.6 is 0 Å². The summed E-state index contributed by atoms with van der Waals surface area (Å²) in [5.74, 6) is 0. The Labute approximate surface area is 92.3 Å². The van der Waals surface area contributed by atoms with Gasteiger partial charge in [0.15, 0.2) is 0 Å². The number of benzene rings is 1. The number of carbonyl (C=O) groups excluding carboxylic acids is 1. The molecule has 0 atom stereocenters. The summed E-state index contributed by atoms with van der Waals surface area (Å²) < 4.78 is 1.94. The Kier molecular flexibility index (Phi) is 1.96. The summed E-state index contributed by atoms with van der Waals surface area (Å²) in [5.41, 5.74) is 1.93. The topological polar surface area (TPSA) is 34.9 Å². The number of aldehydes is 1. The second kappa shape index (κ2) is 3.45. The Balaban J connectivity index is 2.53. The second-order valence-electron chi connectivity index (χ2n) is 3.67. The van der Waals surface area contributed by atoms with Gasteiger partial charge in [0.25, 0.3) is 0 Å². The van der Waals surface area contributed by atoms with Crippen molar-refractivity contribution in [2.45, 2.75) is 6.54 Å². The Morgan fingerprint density at radius 2 is 1.94 bits per heavy atom. The fraction of sp³-hybridized carbons (Fsp3) is 0.0769.